The van der Waals surface area contributed by atoms with E-state index in [1.54, 1.807) is 0 Å². The molecule has 19 nitrogen and oxygen atoms in total. The number of alkyl halides is 1. The molecule has 0 bridgehead atoms. The largest absolute Gasteiger partial charge is 0.490 e. The topological polar surface area (TPSA) is 254 Å². The molecule has 1 aliphatic heterocycles. The van der Waals surface area contributed by atoms with Crippen LogP contribution in [0.15, 0.2) is 15.8 Å². The first-order chi connectivity index (χ1) is 23.6. The molecule has 2 rings (SSSR count). The summed E-state index contributed by atoms with van der Waals surface area (Å²) in [4.78, 5) is 67.5. The first kappa shape index (κ1) is 51.9. The molecule has 0 radical (unpaired) electrons. The summed E-state index contributed by atoms with van der Waals surface area (Å²) in [6.07, 6.45) is -6.79. The lowest BCUT2D eigenvalue weighted by atomic mass is 10.1. The molecule has 0 spiro atoms. The summed E-state index contributed by atoms with van der Waals surface area (Å²) in [7, 11) is -16.9. The number of ether oxygens (including phenoxy) is 1. The highest BCUT2D eigenvalue weighted by Gasteiger charge is 2.47. The lowest BCUT2D eigenvalue weighted by molar-refractivity contribution is -0.0483. The summed E-state index contributed by atoms with van der Waals surface area (Å²) in [6.45, 7) is 30.6. The molecule has 1 aliphatic rings. The Bertz CT molecular complexity index is 1310. The van der Waals surface area contributed by atoms with Crippen molar-refractivity contribution in [2.75, 3.05) is 65.5 Å². The van der Waals surface area contributed by atoms with Crippen molar-refractivity contribution in [2.24, 2.45) is 0 Å². The lowest BCUT2D eigenvalue weighted by Gasteiger charge is -2.19. The molecule has 6 atom stereocenters. The van der Waals surface area contributed by atoms with Crippen molar-refractivity contribution in [3.05, 3.63) is 32.6 Å². The predicted molar refractivity (Wildman–Crippen MR) is 191 cm³/mol. The van der Waals surface area contributed by atoms with Gasteiger partial charge in [0.05, 0.1) is 6.61 Å². The van der Waals surface area contributed by atoms with Gasteiger partial charge in [-0.3, -0.25) is 18.9 Å². The number of phosphoric ester groups is 1. The summed E-state index contributed by atoms with van der Waals surface area (Å²) in [5, 5.41) is 9.87. The molecule has 1 fully saturated rings. The van der Waals surface area contributed by atoms with Gasteiger partial charge in [0.1, 0.15) is 12.2 Å². The van der Waals surface area contributed by atoms with Gasteiger partial charge in [0.2, 0.25) is 0 Å². The predicted octanol–water partition coefficient (Wildman–Crippen LogP) is 2.83. The van der Waals surface area contributed by atoms with Gasteiger partial charge in [0.15, 0.2) is 12.4 Å². The first-order valence-corrected chi connectivity index (χ1v) is 21.3. The van der Waals surface area contributed by atoms with Crippen LogP contribution in [0, 0.1) is 6.92 Å². The molecule has 2 heterocycles. The highest BCUT2D eigenvalue weighted by Crippen LogP contribution is 2.66. The van der Waals surface area contributed by atoms with Crippen molar-refractivity contribution in [1.29, 1.82) is 0 Å². The van der Waals surface area contributed by atoms with Crippen LogP contribution in [0.3, 0.4) is 0 Å². The third kappa shape index (κ3) is 21.3. The molecule has 0 amide bonds. The SMILES string of the molecule is CCN(CC)CC.CCN(CC)CC.CCN(CC)CC.Cc1cn([C@H]2O[C@@H](COP(=O)(O)OP(=O)(O)OP(=O)(O)O)[C@H](O)[C@H]2F)c(=O)[nH]c1=O. The summed E-state index contributed by atoms with van der Waals surface area (Å²) in [5.74, 6) is 0. The molecule has 2 unspecified atom stereocenters. The van der Waals surface area contributed by atoms with Crippen LogP contribution in [0.25, 0.3) is 0 Å². The van der Waals surface area contributed by atoms with Crippen LogP contribution in [0.5, 0.6) is 0 Å². The molecule has 1 aromatic heterocycles. The maximum absolute atomic E-state index is 14.4. The Morgan fingerprint density at radius 2 is 1.16 bits per heavy atom. The van der Waals surface area contributed by atoms with E-state index in [0.29, 0.717) is 4.57 Å². The molecule has 304 valence electrons. The van der Waals surface area contributed by atoms with Gasteiger partial charge in [-0.25, -0.2) is 22.9 Å². The van der Waals surface area contributed by atoms with Gasteiger partial charge in [-0.1, -0.05) is 62.3 Å². The zero-order valence-electron chi connectivity index (χ0n) is 31.4. The lowest BCUT2D eigenvalue weighted by Crippen LogP contribution is -2.36. The number of aromatic nitrogens is 2. The molecule has 1 aromatic rings. The summed E-state index contributed by atoms with van der Waals surface area (Å²) in [5.41, 5.74) is -1.80. The molecule has 0 saturated carbocycles. The fourth-order valence-corrected chi connectivity index (χ4v) is 7.35. The van der Waals surface area contributed by atoms with Gasteiger partial charge in [-0.15, -0.1) is 0 Å². The Hall–Kier alpha value is -1.18. The molecular formula is C28H61FN5O14P3. The van der Waals surface area contributed by atoms with E-state index in [1.807, 2.05) is 4.98 Å². The van der Waals surface area contributed by atoms with Crippen LogP contribution < -0.4 is 11.2 Å². The number of aryl methyl sites for hydroxylation is 1. The second-order valence-corrected chi connectivity index (χ2v) is 15.1. The number of aliphatic hydroxyl groups is 1. The maximum atomic E-state index is 14.4. The van der Waals surface area contributed by atoms with Gasteiger partial charge < -0.3 is 44.1 Å². The number of H-pyrrole nitrogens is 1. The van der Waals surface area contributed by atoms with Gasteiger partial charge >= 0.3 is 29.2 Å². The minimum absolute atomic E-state index is 0.0107. The summed E-state index contributed by atoms with van der Waals surface area (Å²) >= 11 is 0. The van der Waals surface area contributed by atoms with Crippen LogP contribution in [-0.4, -0.2) is 133 Å². The molecule has 6 N–H and O–H groups in total. The zero-order chi connectivity index (χ0) is 40.2. The third-order valence-electron chi connectivity index (χ3n) is 7.56. The minimum Gasteiger partial charge on any atom is -0.387 e. The highest BCUT2D eigenvalue weighted by atomic mass is 31.3. The smallest absolute Gasteiger partial charge is 0.387 e. The molecular weight excluding hydrogens is 742 g/mol. The van der Waals surface area contributed by atoms with Crippen molar-refractivity contribution in [1.82, 2.24) is 24.3 Å². The molecule has 0 aromatic carbocycles. The number of nitrogens with zero attached hydrogens (tertiary/aromatic N) is 4. The van der Waals surface area contributed by atoms with E-state index in [-0.39, 0.29) is 5.56 Å². The Morgan fingerprint density at radius 3 is 1.49 bits per heavy atom. The van der Waals surface area contributed by atoms with E-state index in [2.05, 4.69) is 90.2 Å². The van der Waals surface area contributed by atoms with Crippen LogP contribution in [0.1, 0.15) is 74.1 Å². The van der Waals surface area contributed by atoms with Crippen LogP contribution in [0.2, 0.25) is 0 Å². The second-order valence-electron chi connectivity index (χ2n) is 10.7. The second kappa shape index (κ2) is 25.8. The van der Waals surface area contributed by atoms with Gasteiger partial charge in [0, 0.05) is 11.8 Å². The number of aromatic amines is 1. The number of nitrogens with one attached hydrogen (secondary N) is 1. The van der Waals surface area contributed by atoms with E-state index >= 15 is 0 Å². The fraction of sp³-hybridized carbons (Fsp3) is 0.857. The number of hydrogen-bond donors (Lipinski definition) is 6. The molecule has 23 heteroatoms. The Balaban J connectivity index is 0. The van der Waals surface area contributed by atoms with Gasteiger partial charge in [-0.05, 0) is 65.8 Å². The van der Waals surface area contributed by atoms with E-state index < -0.39 is 65.9 Å². The summed E-state index contributed by atoms with van der Waals surface area (Å²) in [6, 6.07) is 0. The van der Waals surface area contributed by atoms with Crippen molar-refractivity contribution >= 4 is 23.5 Å². The van der Waals surface area contributed by atoms with Crippen molar-refractivity contribution < 1.29 is 60.6 Å². The first-order valence-electron chi connectivity index (χ1n) is 16.8. The quantitative estimate of drug-likeness (QED) is 0.124. The summed E-state index contributed by atoms with van der Waals surface area (Å²) < 4.78 is 64.8. The zero-order valence-corrected chi connectivity index (χ0v) is 34.1. The average Bonchev–Trinajstić information content (AvgIpc) is 3.32. The maximum Gasteiger partial charge on any atom is 0.490 e. The average molecular weight is 804 g/mol. The highest BCUT2D eigenvalue weighted by molar-refractivity contribution is 7.66. The Labute approximate surface area is 300 Å². The Kier molecular flexibility index (Phi) is 26.2. The standard InChI is InChI=1S/C10H16FN2O14P3.3C6H15N/c1-4-2-13(10(16)12-8(4)15)9-6(11)7(14)5(25-9)3-24-29(20,21)27-30(22,23)26-28(17,18)19;3*1-4-7(5-2)6-3/h2,5-7,9,14H,3H2,1H3,(H,20,21)(H,22,23)(H,12,15,16)(H2,17,18,19);3*4-6H2,1-3H3/t5-,6+,7-,9-;;;/m0.../s1. The third-order valence-corrected chi connectivity index (χ3v) is 11.4. The minimum atomic E-state index is -5.76. The van der Waals surface area contributed by atoms with Crippen molar-refractivity contribution in [2.45, 2.75) is 93.8 Å². The molecule has 1 saturated heterocycles. The van der Waals surface area contributed by atoms with Crippen molar-refractivity contribution in [3.63, 3.8) is 0 Å². The van der Waals surface area contributed by atoms with Gasteiger partial charge in [-0.2, -0.15) is 8.62 Å². The van der Waals surface area contributed by atoms with Crippen LogP contribution >= 0.6 is 23.5 Å². The fourth-order valence-electron chi connectivity index (χ4n) is 4.32. The van der Waals surface area contributed by atoms with E-state index in [1.165, 1.54) is 65.8 Å². The Morgan fingerprint density at radius 1 is 0.765 bits per heavy atom. The normalized spacial score (nSPS) is 21.2. The van der Waals surface area contributed by atoms with E-state index in [9.17, 15) is 37.7 Å². The number of aliphatic hydroxyl groups excluding tert-OH is 1. The number of phosphoric acid groups is 3. The molecule has 0 aliphatic carbocycles. The number of halogens is 1. The van der Waals surface area contributed by atoms with Gasteiger partial charge in [0.25, 0.3) is 5.56 Å². The van der Waals surface area contributed by atoms with Crippen LogP contribution in [0.4, 0.5) is 4.39 Å². The van der Waals surface area contributed by atoms with Crippen LogP contribution in [-0.2, 0) is 31.6 Å². The number of hydrogen-bond acceptors (Lipinski definition) is 13. The monoisotopic (exact) mass is 803 g/mol. The number of rotatable bonds is 17. The van der Waals surface area contributed by atoms with E-state index in [4.69, 9.17) is 19.4 Å². The van der Waals surface area contributed by atoms with Crippen molar-refractivity contribution in [3.8, 4) is 0 Å². The van der Waals surface area contributed by atoms with E-state index in [0.717, 1.165) is 6.20 Å². The molecule has 51 heavy (non-hydrogen) atoms.